The summed E-state index contributed by atoms with van der Waals surface area (Å²) in [5.41, 5.74) is 2.60. The van der Waals surface area contributed by atoms with Gasteiger partial charge in [-0.2, -0.15) is 5.10 Å². The highest BCUT2D eigenvalue weighted by atomic mass is 127. The standard InChI is InChI=1S/C11H11IN2/c1-14-11(12)9-6-8(7-2-3-7)4-5-10(9)13-14/h4-7H,2-3H2,1H3. The number of fused-ring (bicyclic) bond motifs is 1. The summed E-state index contributed by atoms with van der Waals surface area (Å²) in [6.07, 6.45) is 2.73. The molecule has 1 saturated carbocycles. The van der Waals surface area contributed by atoms with Crippen LogP contribution in [0.3, 0.4) is 0 Å². The first-order valence-corrected chi connectivity index (χ1v) is 5.96. The summed E-state index contributed by atoms with van der Waals surface area (Å²) in [5, 5.41) is 5.75. The van der Waals surface area contributed by atoms with Crippen LogP contribution in [0.1, 0.15) is 24.3 Å². The number of aromatic nitrogens is 2. The topological polar surface area (TPSA) is 17.8 Å². The Bertz CT molecular complexity index is 497. The number of rotatable bonds is 1. The fourth-order valence-corrected chi connectivity index (χ4v) is 2.40. The molecule has 3 rings (SSSR count). The molecule has 0 N–H and O–H groups in total. The lowest BCUT2D eigenvalue weighted by molar-refractivity contribution is 0.759. The number of hydrogen-bond acceptors (Lipinski definition) is 1. The Hall–Kier alpha value is -0.580. The van der Waals surface area contributed by atoms with Gasteiger partial charge in [0.1, 0.15) is 3.70 Å². The van der Waals surface area contributed by atoms with Gasteiger partial charge in [0.15, 0.2) is 0 Å². The van der Waals surface area contributed by atoms with E-state index in [1.54, 1.807) is 0 Å². The van der Waals surface area contributed by atoms with E-state index in [1.165, 1.54) is 27.5 Å². The molecule has 0 unspecified atom stereocenters. The Morgan fingerprint density at radius 3 is 2.93 bits per heavy atom. The van der Waals surface area contributed by atoms with Gasteiger partial charge < -0.3 is 0 Å². The quantitative estimate of drug-likeness (QED) is 0.740. The van der Waals surface area contributed by atoms with Crippen molar-refractivity contribution in [3.05, 3.63) is 27.5 Å². The number of hydrogen-bond donors (Lipinski definition) is 0. The molecule has 2 nitrogen and oxygen atoms in total. The molecule has 1 fully saturated rings. The summed E-state index contributed by atoms with van der Waals surface area (Å²) in [6.45, 7) is 0. The van der Waals surface area contributed by atoms with Crippen LogP contribution in [0.15, 0.2) is 18.2 Å². The minimum Gasteiger partial charge on any atom is -0.261 e. The molecule has 0 spiro atoms. The van der Waals surface area contributed by atoms with Gasteiger partial charge in [0.2, 0.25) is 0 Å². The van der Waals surface area contributed by atoms with E-state index in [9.17, 15) is 0 Å². The van der Waals surface area contributed by atoms with Gasteiger partial charge in [-0.1, -0.05) is 6.07 Å². The van der Waals surface area contributed by atoms with Gasteiger partial charge in [0, 0.05) is 12.4 Å². The SMILES string of the molecule is Cn1nc2ccc(C3CC3)cc2c1I. The summed E-state index contributed by atoms with van der Waals surface area (Å²) < 4.78 is 3.18. The summed E-state index contributed by atoms with van der Waals surface area (Å²) in [4.78, 5) is 0. The van der Waals surface area contributed by atoms with E-state index < -0.39 is 0 Å². The highest BCUT2D eigenvalue weighted by Crippen LogP contribution is 2.41. The van der Waals surface area contributed by atoms with Crippen LogP contribution in [0.4, 0.5) is 0 Å². The molecule has 1 aliphatic rings. The van der Waals surface area contributed by atoms with E-state index in [0.717, 1.165) is 11.4 Å². The highest BCUT2D eigenvalue weighted by molar-refractivity contribution is 14.1. The van der Waals surface area contributed by atoms with Gasteiger partial charge >= 0.3 is 0 Å². The van der Waals surface area contributed by atoms with Crippen LogP contribution >= 0.6 is 22.6 Å². The molecule has 3 heteroatoms. The molecule has 14 heavy (non-hydrogen) atoms. The summed E-state index contributed by atoms with van der Waals surface area (Å²) in [7, 11) is 2.00. The Morgan fingerprint density at radius 1 is 1.43 bits per heavy atom. The molecular weight excluding hydrogens is 287 g/mol. The lowest BCUT2D eigenvalue weighted by atomic mass is 10.1. The van der Waals surface area contributed by atoms with Crippen molar-refractivity contribution in [2.75, 3.05) is 0 Å². The molecular formula is C11H11IN2. The van der Waals surface area contributed by atoms with Crippen molar-refractivity contribution in [3.8, 4) is 0 Å². The second kappa shape index (κ2) is 2.95. The number of nitrogens with zero attached hydrogens (tertiary/aromatic N) is 2. The monoisotopic (exact) mass is 298 g/mol. The van der Waals surface area contributed by atoms with Crippen LogP contribution in [-0.2, 0) is 7.05 Å². The predicted octanol–water partition coefficient (Wildman–Crippen LogP) is 3.06. The van der Waals surface area contributed by atoms with Gasteiger partial charge in [0.25, 0.3) is 0 Å². The first-order chi connectivity index (χ1) is 6.75. The molecule has 1 heterocycles. The van der Waals surface area contributed by atoms with Crippen molar-refractivity contribution in [1.82, 2.24) is 9.78 Å². The highest BCUT2D eigenvalue weighted by Gasteiger charge is 2.24. The molecule has 0 bridgehead atoms. The van der Waals surface area contributed by atoms with Crippen LogP contribution in [-0.4, -0.2) is 9.78 Å². The Balaban J connectivity index is 2.25. The molecule has 0 aliphatic heterocycles. The number of halogens is 1. The second-order valence-corrected chi connectivity index (χ2v) is 4.99. The zero-order valence-electron chi connectivity index (χ0n) is 8.00. The van der Waals surface area contributed by atoms with Crippen molar-refractivity contribution < 1.29 is 0 Å². The smallest absolute Gasteiger partial charge is 0.106 e. The van der Waals surface area contributed by atoms with Crippen LogP contribution < -0.4 is 0 Å². The first kappa shape index (κ1) is 8.71. The second-order valence-electron chi connectivity index (χ2n) is 3.97. The third-order valence-corrected chi connectivity index (χ3v) is 4.11. The molecule has 0 atom stereocenters. The fraction of sp³-hybridized carbons (Fsp3) is 0.364. The van der Waals surface area contributed by atoms with Crippen LogP contribution in [0.5, 0.6) is 0 Å². The van der Waals surface area contributed by atoms with Crippen molar-refractivity contribution >= 4 is 33.5 Å². The molecule has 2 aromatic rings. The minimum atomic E-state index is 0.829. The molecule has 1 aromatic heterocycles. The molecule has 0 saturated heterocycles. The van der Waals surface area contributed by atoms with Crippen molar-refractivity contribution in [2.24, 2.45) is 7.05 Å². The molecule has 0 radical (unpaired) electrons. The molecule has 1 aliphatic carbocycles. The summed E-state index contributed by atoms with van der Waals surface area (Å²) >= 11 is 2.36. The van der Waals surface area contributed by atoms with E-state index in [4.69, 9.17) is 0 Å². The molecule has 72 valence electrons. The molecule has 1 aromatic carbocycles. The summed E-state index contributed by atoms with van der Waals surface area (Å²) in [6, 6.07) is 6.68. The minimum absolute atomic E-state index is 0.829. The third kappa shape index (κ3) is 1.26. The Kier molecular flexibility index (Phi) is 1.84. The number of benzene rings is 1. The van der Waals surface area contributed by atoms with E-state index in [2.05, 4.69) is 45.9 Å². The average molecular weight is 298 g/mol. The zero-order valence-corrected chi connectivity index (χ0v) is 10.2. The Morgan fingerprint density at radius 2 is 2.21 bits per heavy atom. The largest absolute Gasteiger partial charge is 0.261 e. The average Bonchev–Trinajstić information content (AvgIpc) is 2.97. The van der Waals surface area contributed by atoms with Crippen molar-refractivity contribution in [1.29, 1.82) is 0 Å². The lowest BCUT2D eigenvalue weighted by Crippen LogP contribution is -1.91. The van der Waals surface area contributed by atoms with Crippen LogP contribution in [0.2, 0.25) is 0 Å². The molecule has 0 amide bonds. The normalized spacial score (nSPS) is 16.4. The lowest BCUT2D eigenvalue weighted by Gasteiger charge is -1.96. The summed E-state index contributed by atoms with van der Waals surface area (Å²) in [5.74, 6) is 0.829. The van der Waals surface area contributed by atoms with Gasteiger partial charge in [-0.25, -0.2) is 0 Å². The Labute approximate surface area is 96.4 Å². The van der Waals surface area contributed by atoms with Crippen molar-refractivity contribution in [3.63, 3.8) is 0 Å². The van der Waals surface area contributed by atoms with Gasteiger partial charge in [-0.3, -0.25) is 4.68 Å². The fourth-order valence-electron chi connectivity index (χ4n) is 1.86. The number of aryl methyl sites for hydroxylation is 1. The van der Waals surface area contributed by atoms with Crippen LogP contribution in [0.25, 0.3) is 10.9 Å². The van der Waals surface area contributed by atoms with E-state index in [1.807, 2.05) is 11.7 Å². The third-order valence-electron chi connectivity index (χ3n) is 2.83. The maximum atomic E-state index is 4.44. The van der Waals surface area contributed by atoms with Crippen molar-refractivity contribution in [2.45, 2.75) is 18.8 Å². The van der Waals surface area contributed by atoms with Crippen LogP contribution in [0, 0.1) is 3.70 Å². The van der Waals surface area contributed by atoms with Gasteiger partial charge in [-0.05, 0) is 59.0 Å². The van der Waals surface area contributed by atoms with Gasteiger partial charge in [0.05, 0.1) is 5.52 Å². The van der Waals surface area contributed by atoms with E-state index in [-0.39, 0.29) is 0 Å². The maximum Gasteiger partial charge on any atom is 0.106 e. The predicted molar refractivity (Wildman–Crippen MR) is 65.4 cm³/mol. The van der Waals surface area contributed by atoms with Gasteiger partial charge in [-0.15, -0.1) is 0 Å². The zero-order chi connectivity index (χ0) is 9.71. The first-order valence-electron chi connectivity index (χ1n) is 4.88. The van der Waals surface area contributed by atoms with E-state index >= 15 is 0 Å². The van der Waals surface area contributed by atoms with E-state index in [0.29, 0.717) is 0 Å². The maximum absolute atomic E-state index is 4.44.